The molecule has 162 valence electrons. The number of carbonyl (C=O) groups excluding carboxylic acids is 4. The molecule has 8 nitrogen and oxygen atoms in total. The van der Waals surface area contributed by atoms with Crippen LogP contribution in [0.1, 0.15) is 58.8 Å². The Morgan fingerprint density at radius 1 is 0.931 bits per heavy atom. The van der Waals surface area contributed by atoms with Gasteiger partial charge >= 0.3 is 12.0 Å². The Kier molecular flexibility index (Phi) is 6.80. The maximum atomic E-state index is 12.4. The maximum absolute atomic E-state index is 12.4. The van der Waals surface area contributed by atoms with E-state index in [2.05, 4.69) is 16.0 Å². The Morgan fingerprint density at radius 3 is 2.07 bits per heavy atom. The first kappa shape index (κ1) is 21.6. The standard InChI is InChI=1S/C21H33N3O5/c1-13(2)10-23-20(28)24-18(26)12-29-19(27)11-22-17(25)9-21-6-14-3-15(7-21)5-16(4-14)8-21/h13-16H,3-12H2,1-2H3,(H,22,25)(H2,23,24,26,28). The van der Waals surface area contributed by atoms with Gasteiger partial charge in [0.05, 0.1) is 0 Å². The summed E-state index contributed by atoms with van der Waals surface area (Å²) in [4.78, 5) is 47.3. The van der Waals surface area contributed by atoms with Crippen LogP contribution in [0.2, 0.25) is 0 Å². The van der Waals surface area contributed by atoms with Gasteiger partial charge in [-0.2, -0.15) is 0 Å². The molecule has 0 unspecified atom stereocenters. The summed E-state index contributed by atoms with van der Waals surface area (Å²) in [6.45, 7) is 3.48. The monoisotopic (exact) mass is 407 g/mol. The molecular formula is C21H33N3O5. The first-order valence-electron chi connectivity index (χ1n) is 10.7. The Bertz CT molecular complexity index is 625. The van der Waals surface area contributed by atoms with Gasteiger partial charge in [-0.05, 0) is 67.6 Å². The molecule has 4 saturated carbocycles. The summed E-state index contributed by atoms with van der Waals surface area (Å²) >= 11 is 0. The zero-order chi connectivity index (χ0) is 21.0. The van der Waals surface area contributed by atoms with E-state index in [9.17, 15) is 19.2 Å². The van der Waals surface area contributed by atoms with Gasteiger partial charge in [-0.25, -0.2) is 4.79 Å². The van der Waals surface area contributed by atoms with Crippen molar-refractivity contribution in [3.63, 3.8) is 0 Å². The van der Waals surface area contributed by atoms with Gasteiger partial charge in [0.2, 0.25) is 5.91 Å². The van der Waals surface area contributed by atoms with E-state index in [4.69, 9.17) is 4.74 Å². The summed E-state index contributed by atoms with van der Waals surface area (Å²) < 4.78 is 4.83. The molecule has 0 atom stereocenters. The highest BCUT2D eigenvalue weighted by Gasteiger charge is 2.51. The maximum Gasteiger partial charge on any atom is 0.325 e. The fraction of sp³-hybridized carbons (Fsp3) is 0.810. The average molecular weight is 408 g/mol. The van der Waals surface area contributed by atoms with Crippen LogP contribution in [-0.4, -0.2) is 43.5 Å². The van der Waals surface area contributed by atoms with Crippen LogP contribution >= 0.6 is 0 Å². The largest absolute Gasteiger partial charge is 0.454 e. The topological polar surface area (TPSA) is 114 Å². The normalized spacial score (nSPS) is 29.4. The minimum Gasteiger partial charge on any atom is -0.454 e. The zero-order valence-corrected chi connectivity index (χ0v) is 17.4. The third-order valence-electron chi connectivity index (χ3n) is 6.42. The van der Waals surface area contributed by atoms with Crippen molar-refractivity contribution >= 4 is 23.8 Å². The van der Waals surface area contributed by atoms with Gasteiger partial charge in [0.15, 0.2) is 6.61 Å². The number of rotatable bonds is 8. The number of ether oxygens (including phenoxy) is 1. The van der Waals surface area contributed by atoms with Gasteiger partial charge < -0.3 is 15.4 Å². The second-order valence-electron chi connectivity index (χ2n) is 9.68. The third-order valence-corrected chi connectivity index (χ3v) is 6.42. The number of nitrogens with one attached hydrogen (secondary N) is 3. The van der Waals surface area contributed by atoms with Crippen molar-refractivity contribution in [2.24, 2.45) is 29.1 Å². The number of hydrogen-bond acceptors (Lipinski definition) is 5. The van der Waals surface area contributed by atoms with Crippen molar-refractivity contribution in [2.75, 3.05) is 19.7 Å². The molecule has 8 heteroatoms. The molecule has 29 heavy (non-hydrogen) atoms. The Labute approximate surface area is 171 Å². The molecule has 4 rings (SSSR count). The number of esters is 1. The van der Waals surface area contributed by atoms with Crippen LogP contribution in [0.4, 0.5) is 4.79 Å². The van der Waals surface area contributed by atoms with E-state index in [0.717, 1.165) is 37.0 Å². The molecule has 0 heterocycles. The van der Waals surface area contributed by atoms with Crippen LogP contribution in [0, 0.1) is 29.1 Å². The van der Waals surface area contributed by atoms with Crippen molar-refractivity contribution in [3.05, 3.63) is 0 Å². The van der Waals surface area contributed by atoms with Gasteiger partial charge in [0.25, 0.3) is 5.91 Å². The van der Waals surface area contributed by atoms with Crippen LogP contribution in [0.3, 0.4) is 0 Å². The molecule has 0 aliphatic heterocycles. The second-order valence-corrected chi connectivity index (χ2v) is 9.68. The second kappa shape index (κ2) is 9.13. The number of amides is 4. The molecule has 4 amide bonds. The van der Waals surface area contributed by atoms with Crippen molar-refractivity contribution in [3.8, 4) is 0 Å². The lowest BCUT2D eigenvalue weighted by Crippen LogP contribution is -2.48. The van der Waals surface area contributed by atoms with Crippen LogP contribution in [-0.2, 0) is 19.1 Å². The summed E-state index contributed by atoms with van der Waals surface area (Å²) in [5, 5.41) is 7.25. The number of carbonyl (C=O) groups is 4. The Hall–Kier alpha value is -2.12. The Morgan fingerprint density at radius 2 is 1.52 bits per heavy atom. The third kappa shape index (κ3) is 6.18. The number of hydrogen-bond donors (Lipinski definition) is 3. The predicted octanol–water partition coefficient (Wildman–Crippen LogP) is 1.73. The summed E-state index contributed by atoms with van der Waals surface area (Å²) in [6.07, 6.45) is 7.85. The van der Waals surface area contributed by atoms with Crippen LogP contribution in [0.5, 0.6) is 0 Å². The van der Waals surface area contributed by atoms with E-state index in [0.29, 0.717) is 13.0 Å². The zero-order valence-electron chi connectivity index (χ0n) is 17.4. The molecule has 4 aliphatic rings. The van der Waals surface area contributed by atoms with Gasteiger partial charge in [0.1, 0.15) is 6.54 Å². The lowest BCUT2D eigenvalue weighted by molar-refractivity contribution is -0.148. The fourth-order valence-electron chi connectivity index (χ4n) is 5.78. The van der Waals surface area contributed by atoms with Crippen LogP contribution in [0.15, 0.2) is 0 Å². The minimum absolute atomic E-state index is 0.117. The first-order valence-corrected chi connectivity index (χ1v) is 10.7. The summed E-state index contributed by atoms with van der Waals surface area (Å²) in [5.41, 5.74) is 0.117. The Balaban J connectivity index is 1.32. The van der Waals surface area contributed by atoms with Crippen molar-refractivity contribution in [1.29, 1.82) is 0 Å². The first-order chi connectivity index (χ1) is 13.7. The predicted molar refractivity (Wildman–Crippen MR) is 106 cm³/mol. The molecule has 0 radical (unpaired) electrons. The van der Waals surface area contributed by atoms with Gasteiger partial charge in [-0.15, -0.1) is 0 Å². The lowest BCUT2D eigenvalue weighted by atomic mass is 9.49. The van der Waals surface area contributed by atoms with Crippen LogP contribution < -0.4 is 16.0 Å². The summed E-state index contributed by atoms with van der Waals surface area (Å²) in [5.74, 6) is 1.05. The summed E-state index contributed by atoms with van der Waals surface area (Å²) in [7, 11) is 0. The molecule has 0 aromatic rings. The van der Waals surface area contributed by atoms with Crippen LogP contribution in [0.25, 0.3) is 0 Å². The van der Waals surface area contributed by atoms with Crippen molar-refractivity contribution in [1.82, 2.24) is 16.0 Å². The molecule has 0 aromatic carbocycles. The highest BCUT2D eigenvalue weighted by Crippen LogP contribution is 2.61. The van der Waals surface area contributed by atoms with Crippen molar-refractivity contribution < 1.29 is 23.9 Å². The highest BCUT2D eigenvalue weighted by molar-refractivity contribution is 5.95. The molecule has 0 spiro atoms. The van der Waals surface area contributed by atoms with Crippen molar-refractivity contribution in [2.45, 2.75) is 58.8 Å². The van der Waals surface area contributed by atoms with E-state index < -0.39 is 24.5 Å². The average Bonchev–Trinajstić information content (AvgIpc) is 2.61. The summed E-state index contributed by atoms with van der Waals surface area (Å²) in [6, 6.07) is -0.622. The highest BCUT2D eigenvalue weighted by atomic mass is 16.5. The van der Waals surface area contributed by atoms with Gasteiger partial charge in [-0.3, -0.25) is 19.7 Å². The van der Waals surface area contributed by atoms with E-state index >= 15 is 0 Å². The van der Waals surface area contributed by atoms with Gasteiger partial charge in [-0.1, -0.05) is 13.8 Å². The molecule has 4 fully saturated rings. The fourth-order valence-corrected chi connectivity index (χ4v) is 5.78. The van der Waals surface area contributed by atoms with E-state index in [1.165, 1.54) is 19.3 Å². The number of urea groups is 1. The smallest absolute Gasteiger partial charge is 0.325 e. The molecule has 3 N–H and O–H groups in total. The van der Waals surface area contributed by atoms with Gasteiger partial charge in [0, 0.05) is 13.0 Å². The quantitative estimate of drug-likeness (QED) is 0.530. The molecule has 0 saturated heterocycles. The SMILES string of the molecule is CC(C)CNC(=O)NC(=O)COC(=O)CNC(=O)CC12CC3CC(CC(C3)C1)C2. The van der Waals surface area contributed by atoms with E-state index in [1.54, 1.807) is 0 Å². The van der Waals surface area contributed by atoms with E-state index in [1.807, 2.05) is 13.8 Å². The lowest BCUT2D eigenvalue weighted by Gasteiger charge is -2.56. The molecule has 4 aliphatic carbocycles. The minimum atomic E-state index is -0.709. The number of imide groups is 1. The van der Waals surface area contributed by atoms with E-state index in [-0.39, 0.29) is 23.8 Å². The molecule has 4 bridgehead atoms. The molecular weight excluding hydrogens is 374 g/mol. The molecule has 0 aromatic heterocycles.